The normalized spacial score (nSPS) is 19.8. The Kier molecular flexibility index (Phi) is 3.82. The first-order valence-electron chi connectivity index (χ1n) is 8.21. The Labute approximate surface area is 144 Å². The van der Waals surface area contributed by atoms with Gasteiger partial charge in [-0.3, -0.25) is 0 Å². The molecule has 6 nitrogen and oxygen atoms in total. The highest BCUT2D eigenvalue weighted by Gasteiger charge is 2.40. The number of rotatable bonds is 3. The molecule has 6 heteroatoms. The van der Waals surface area contributed by atoms with Crippen LogP contribution in [-0.4, -0.2) is 34.3 Å². The topological polar surface area (TPSA) is 87.1 Å². The van der Waals surface area contributed by atoms with Gasteiger partial charge >= 0.3 is 6.09 Å². The van der Waals surface area contributed by atoms with Crippen LogP contribution in [0.5, 0.6) is 0 Å². The van der Waals surface area contributed by atoms with Crippen molar-refractivity contribution in [2.75, 3.05) is 13.1 Å². The molecule has 3 N–H and O–H groups in total. The number of carbonyl (C=O) groups is 1. The second kappa shape index (κ2) is 6.14. The highest BCUT2D eigenvalue weighted by Crippen LogP contribution is 2.28. The maximum Gasteiger partial charge on any atom is 0.405 e. The van der Waals surface area contributed by atoms with Crippen molar-refractivity contribution in [3.8, 4) is 11.3 Å². The van der Waals surface area contributed by atoms with Crippen LogP contribution in [0.2, 0.25) is 0 Å². The molecule has 0 saturated carbocycles. The number of nitrogens with zero attached hydrogens (tertiary/aromatic N) is 2. The van der Waals surface area contributed by atoms with E-state index in [1.54, 1.807) is 6.20 Å². The zero-order valence-electron chi connectivity index (χ0n) is 13.6. The Hall–Kier alpha value is -2.99. The molecule has 3 aromatic rings. The summed E-state index contributed by atoms with van der Waals surface area (Å²) in [6, 6.07) is 16.2. The molecule has 0 unspecified atom stereocenters. The van der Waals surface area contributed by atoms with Gasteiger partial charge in [0.25, 0.3) is 0 Å². The minimum absolute atomic E-state index is 0.487. The molecule has 1 aliphatic heterocycles. The van der Waals surface area contributed by atoms with Gasteiger partial charge in [-0.05, 0) is 35.9 Å². The molecule has 0 spiro atoms. The summed E-state index contributed by atoms with van der Waals surface area (Å²) in [7, 11) is 0. The molecular formula is C19H18N4O2. The molecule has 2 heterocycles. The largest absolute Gasteiger partial charge is 0.465 e. The van der Waals surface area contributed by atoms with Crippen molar-refractivity contribution in [3.05, 3.63) is 60.6 Å². The van der Waals surface area contributed by atoms with Crippen molar-refractivity contribution in [1.82, 2.24) is 20.6 Å². The third-order valence-electron chi connectivity index (χ3n) is 4.63. The minimum atomic E-state index is -1.07. The van der Waals surface area contributed by atoms with Crippen molar-refractivity contribution < 1.29 is 9.90 Å². The van der Waals surface area contributed by atoms with Gasteiger partial charge in [-0.1, -0.05) is 36.4 Å². The van der Waals surface area contributed by atoms with E-state index in [0.717, 1.165) is 23.2 Å². The summed E-state index contributed by atoms with van der Waals surface area (Å²) in [5, 5.41) is 17.3. The van der Waals surface area contributed by atoms with Crippen molar-refractivity contribution in [3.63, 3.8) is 0 Å². The zero-order chi connectivity index (χ0) is 17.3. The van der Waals surface area contributed by atoms with Gasteiger partial charge in [0, 0.05) is 18.3 Å². The fraction of sp³-hybridized carbons (Fsp3) is 0.211. The van der Waals surface area contributed by atoms with E-state index in [4.69, 9.17) is 0 Å². The van der Waals surface area contributed by atoms with Gasteiger partial charge in [0.2, 0.25) is 0 Å². The molecular weight excluding hydrogens is 316 g/mol. The highest BCUT2D eigenvalue weighted by molar-refractivity contribution is 5.86. The highest BCUT2D eigenvalue weighted by atomic mass is 16.4. The summed E-state index contributed by atoms with van der Waals surface area (Å²) in [4.78, 5) is 20.3. The molecule has 126 valence electrons. The Bertz CT molecular complexity index is 935. The third-order valence-corrected chi connectivity index (χ3v) is 4.63. The molecule has 1 aromatic heterocycles. The van der Waals surface area contributed by atoms with E-state index in [-0.39, 0.29) is 0 Å². The summed E-state index contributed by atoms with van der Waals surface area (Å²) in [6.45, 7) is 1.21. The van der Waals surface area contributed by atoms with Crippen LogP contribution in [0.4, 0.5) is 4.79 Å². The van der Waals surface area contributed by atoms with Crippen molar-refractivity contribution in [1.29, 1.82) is 0 Å². The van der Waals surface area contributed by atoms with E-state index < -0.39 is 11.6 Å². The van der Waals surface area contributed by atoms with Crippen LogP contribution in [0.3, 0.4) is 0 Å². The number of aromatic nitrogens is 2. The van der Waals surface area contributed by atoms with E-state index in [1.165, 1.54) is 5.39 Å². The summed E-state index contributed by atoms with van der Waals surface area (Å²) in [5.74, 6) is 0.505. The van der Waals surface area contributed by atoms with Crippen LogP contribution in [0, 0.1) is 0 Å². The van der Waals surface area contributed by atoms with Gasteiger partial charge in [-0.25, -0.2) is 14.8 Å². The number of fused-ring (bicyclic) bond motifs is 1. The third kappa shape index (κ3) is 2.92. The molecule has 1 amide bonds. The van der Waals surface area contributed by atoms with Gasteiger partial charge in [-0.15, -0.1) is 0 Å². The monoisotopic (exact) mass is 334 g/mol. The fourth-order valence-electron chi connectivity index (χ4n) is 3.35. The summed E-state index contributed by atoms with van der Waals surface area (Å²) in [5.41, 5.74) is 0.992. The van der Waals surface area contributed by atoms with Crippen molar-refractivity contribution >= 4 is 16.9 Å². The second-order valence-corrected chi connectivity index (χ2v) is 6.27. The first-order valence-corrected chi connectivity index (χ1v) is 8.21. The van der Waals surface area contributed by atoms with Crippen LogP contribution in [0.25, 0.3) is 22.0 Å². The first-order chi connectivity index (χ1) is 12.2. The lowest BCUT2D eigenvalue weighted by Gasteiger charge is -2.26. The average molecular weight is 334 g/mol. The smallest absolute Gasteiger partial charge is 0.405 e. The van der Waals surface area contributed by atoms with Gasteiger partial charge in [-0.2, -0.15) is 0 Å². The van der Waals surface area contributed by atoms with E-state index in [1.807, 2.05) is 24.3 Å². The molecule has 1 fully saturated rings. The van der Waals surface area contributed by atoms with Crippen LogP contribution in [0.15, 0.2) is 54.7 Å². The SMILES string of the molecule is O=C(O)N[C@@]1(c2nccc(-c3ccc4ccccc4c3)n2)CCNC1. The van der Waals surface area contributed by atoms with E-state index in [9.17, 15) is 9.90 Å². The van der Waals surface area contributed by atoms with E-state index in [2.05, 4.69) is 44.9 Å². The first kappa shape index (κ1) is 15.5. The number of carboxylic acid groups (broad SMARTS) is 1. The molecule has 25 heavy (non-hydrogen) atoms. The van der Waals surface area contributed by atoms with Crippen molar-refractivity contribution in [2.45, 2.75) is 12.0 Å². The molecule has 0 aliphatic carbocycles. The molecule has 1 atom stereocenters. The van der Waals surface area contributed by atoms with Crippen LogP contribution < -0.4 is 10.6 Å². The maximum atomic E-state index is 11.2. The predicted octanol–water partition coefficient (Wildman–Crippen LogP) is 2.75. The Morgan fingerprint density at radius 1 is 1.16 bits per heavy atom. The number of amides is 1. The molecule has 4 rings (SSSR count). The van der Waals surface area contributed by atoms with Gasteiger partial charge in [0.1, 0.15) is 5.54 Å². The van der Waals surface area contributed by atoms with E-state index >= 15 is 0 Å². The molecule has 1 saturated heterocycles. The number of nitrogens with one attached hydrogen (secondary N) is 2. The quantitative estimate of drug-likeness (QED) is 0.685. The molecule has 0 radical (unpaired) electrons. The molecule has 2 aromatic carbocycles. The Morgan fingerprint density at radius 3 is 2.76 bits per heavy atom. The molecule has 1 aliphatic rings. The Balaban J connectivity index is 1.76. The minimum Gasteiger partial charge on any atom is -0.465 e. The standard InChI is InChI=1S/C19H18N4O2/c24-18(25)23-19(8-10-20-12-19)17-21-9-7-16(22-17)15-6-5-13-3-1-2-4-14(13)11-15/h1-7,9,11,20,23H,8,10,12H2,(H,24,25)/t19-/m0/s1. The zero-order valence-corrected chi connectivity index (χ0v) is 13.6. The van der Waals surface area contributed by atoms with Crippen LogP contribution >= 0.6 is 0 Å². The lowest BCUT2D eigenvalue weighted by atomic mass is 9.97. The lowest BCUT2D eigenvalue weighted by Crippen LogP contribution is -2.48. The Morgan fingerprint density at radius 2 is 2.00 bits per heavy atom. The number of hydrogen-bond acceptors (Lipinski definition) is 4. The lowest BCUT2D eigenvalue weighted by molar-refractivity contribution is 0.178. The van der Waals surface area contributed by atoms with Gasteiger partial charge < -0.3 is 15.7 Å². The van der Waals surface area contributed by atoms with Gasteiger partial charge in [0.05, 0.1) is 5.69 Å². The van der Waals surface area contributed by atoms with Crippen LogP contribution in [0.1, 0.15) is 12.2 Å². The number of benzene rings is 2. The predicted molar refractivity (Wildman–Crippen MR) is 95.3 cm³/mol. The molecule has 0 bridgehead atoms. The average Bonchev–Trinajstić information content (AvgIpc) is 3.10. The van der Waals surface area contributed by atoms with Gasteiger partial charge in [0.15, 0.2) is 5.82 Å². The fourth-order valence-corrected chi connectivity index (χ4v) is 3.35. The number of hydrogen-bond donors (Lipinski definition) is 3. The summed E-state index contributed by atoms with van der Waals surface area (Å²) in [6.07, 6.45) is 1.25. The summed E-state index contributed by atoms with van der Waals surface area (Å²) < 4.78 is 0. The second-order valence-electron chi connectivity index (χ2n) is 6.27. The maximum absolute atomic E-state index is 11.2. The van der Waals surface area contributed by atoms with E-state index in [0.29, 0.717) is 18.8 Å². The summed E-state index contributed by atoms with van der Waals surface area (Å²) >= 11 is 0. The van der Waals surface area contributed by atoms with Crippen LogP contribution in [-0.2, 0) is 5.54 Å². The van der Waals surface area contributed by atoms with Crippen molar-refractivity contribution in [2.24, 2.45) is 0 Å².